The minimum absolute atomic E-state index is 0.629. The van der Waals surface area contributed by atoms with Gasteiger partial charge in [0.2, 0.25) is 0 Å². The van der Waals surface area contributed by atoms with E-state index in [1.165, 1.54) is 81.0 Å². The molecule has 3 heterocycles. The molecule has 0 atom stereocenters. The highest BCUT2D eigenvalue weighted by atomic mass is 32.1. The molecule has 0 amide bonds. The Morgan fingerprint density at radius 2 is 2.05 bits per heavy atom. The fraction of sp³-hybridized carbons (Fsp3) is 0.824. The zero-order valence-corrected chi connectivity index (χ0v) is 13.8. The summed E-state index contributed by atoms with van der Waals surface area (Å²) in [5.74, 6) is 0.776. The first-order valence-electron chi connectivity index (χ1n) is 8.71. The number of aromatic nitrogens is 1. The van der Waals surface area contributed by atoms with Gasteiger partial charge in [-0.3, -0.25) is 4.90 Å². The summed E-state index contributed by atoms with van der Waals surface area (Å²) in [4.78, 5) is 8.89. The second kappa shape index (κ2) is 5.98. The highest BCUT2D eigenvalue weighted by Gasteiger charge is 2.38. The molecule has 2 saturated heterocycles. The summed E-state index contributed by atoms with van der Waals surface area (Å²) in [5.41, 5.74) is 0.629. The summed E-state index contributed by atoms with van der Waals surface area (Å²) in [6.07, 6.45) is 11.9. The molecule has 0 radical (unpaired) electrons. The van der Waals surface area contributed by atoms with Crippen LogP contribution in [0.25, 0.3) is 0 Å². The SMILES string of the molecule is c1nc(C2CCCC2)sc1CN1CCC2(CCNCC2)C1. The molecule has 0 unspecified atom stereocenters. The minimum atomic E-state index is 0.629. The van der Waals surface area contributed by atoms with E-state index < -0.39 is 0 Å². The molecule has 3 aliphatic rings. The Balaban J connectivity index is 1.36. The van der Waals surface area contributed by atoms with Crippen LogP contribution in [-0.2, 0) is 6.54 Å². The van der Waals surface area contributed by atoms with Crippen molar-refractivity contribution in [2.45, 2.75) is 57.4 Å². The van der Waals surface area contributed by atoms with Crippen molar-refractivity contribution < 1.29 is 0 Å². The van der Waals surface area contributed by atoms with Crippen molar-refractivity contribution in [1.29, 1.82) is 0 Å². The van der Waals surface area contributed by atoms with Gasteiger partial charge in [0.05, 0.1) is 5.01 Å². The molecular formula is C17H27N3S. The van der Waals surface area contributed by atoms with Crippen LogP contribution in [-0.4, -0.2) is 36.1 Å². The number of piperidine rings is 1. The van der Waals surface area contributed by atoms with E-state index in [1.807, 2.05) is 11.3 Å². The van der Waals surface area contributed by atoms with Crippen LogP contribution in [0.2, 0.25) is 0 Å². The maximum absolute atomic E-state index is 4.73. The van der Waals surface area contributed by atoms with E-state index in [2.05, 4.69) is 16.4 Å². The number of nitrogens with one attached hydrogen (secondary N) is 1. The third-order valence-electron chi connectivity index (χ3n) is 5.84. The van der Waals surface area contributed by atoms with Gasteiger partial charge in [0.1, 0.15) is 0 Å². The minimum Gasteiger partial charge on any atom is -0.317 e. The molecular weight excluding hydrogens is 278 g/mol. The van der Waals surface area contributed by atoms with Crippen molar-refractivity contribution in [3.05, 3.63) is 16.1 Å². The van der Waals surface area contributed by atoms with E-state index in [0.29, 0.717) is 5.41 Å². The van der Waals surface area contributed by atoms with Crippen molar-refractivity contribution in [2.75, 3.05) is 26.2 Å². The summed E-state index contributed by atoms with van der Waals surface area (Å²) < 4.78 is 0. The summed E-state index contributed by atoms with van der Waals surface area (Å²) in [5, 5.41) is 4.92. The highest BCUT2D eigenvalue weighted by molar-refractivity contribution is 7.11. The first kappa shape index (κ1) is 14.2. The van der Waals surface area contributed by atoms with Crippen molar-refractivity contribution in [3.63, 3.8) is 0 Å². The van der Waals surface area contributed by atoms with Gasteiger partial charge in [0.15, 0.2) is 0 Å². The van der Waals surface area contributed by atoms with Crippen LogP contribution in [0.5, 0.6) is 0 Å². The number of hydrogen-bond acceptors (Lipinski definition) is 4. The van der Waals surface area contributed by atoms with Crippen molar-refractivity contribution in [2.24, 2.45) is 5.41 Å². The molecule has 1 spiro atoms. The molecule has 1 N–H and O–H groups in total. The standard InChI is InChI=1S/C17H27N3S/c1-2-4-14(3-1)16-19-11-15(21-16)12-20-10-7-17(13-20)5-8-18-9-6-17/h11,14,18H,1-10,12-13H2. The summed E-state index contributed by atoms with van der Waals surface area (Å²) in [6, 6.07) is 0. The normalized spacial score (nSPS) is 26.9. The Labute approximate surface area is 132 Å². The monoisotopic (exact) mass is 305 g/mol. The van der Waals surface area contributed by atoms with E-state index >= 15 is 0 Å². The Kier molecular flexibility index (Phi) is 4.03. The van der Waals surface area contributed by atoms with Crippen LogP contribution in [0.3, 0.4) is 0 Å². The average Bonchev–Trinajstić information content (AvgIpc) is 3.22. The third-order valence-corrected chi connectivity index (χ3v) is 6.98. The number of likely N-dealkylation sites (tertiary alicyclic amines) is 1. The fourth-order valence-electron chi connectivity index (χ4n) is 4.51. The van der Waals surface area contributed by atoms with Gasteiger partial charge in [-0.25, -0.2) is 4.98 Å². The molecule has 1 aromatic rings. The molecule has 0 aromatic carbocycles. The largest absolute Gasteiger partial charge is 0.317 e. The molecule has 4 rings (SSSR count). The number of thiazole rings is 1. The Bertz CT molecular complexity index is 472. The van der Waals surface area contributed by atoms with E-state index in [4.69, 9.17) is 4.98 Å². The van der Waals surface area contributed by atoms with Crippen LogP contribution in [0.4, 0.5) is 0 Å². The van der Waals surface area contributed by atoms with Crippen LogP contribution >= 0.6 is 11.3 Å². The predicted molar refractivity (Wildman–Crippen MR) is 87.8 cm³/mol. The maximum Gasteiger partial charge on any atom is 0.0959 e. The van der Waals surface area contributed by atoms with Crippen LogP contribution < -0.4 is 5.32 Å². The molecule has 2 aliphatic heterocycles. The van der Waals surface area contributed by atoms with Gasteiger partial charge in [-0.15, -0.1) is 11.3 Å². The van der Waals surface area contributed by atoms with E-state index in [1.54, 1.807) is 0 Å². The maximum atomic E-state index is 4.73. The lowest BCUT2D eigenvalue weighted by Gasteiger charge is -2.33. The number of hydrogen-bond donors (Lipinski definition) is 1. The van der Waals surface area contributed by atoms with Gasteiger partial charge in [-0.05, 0) is 57.2 Å². The Hall–Kier alpha value is -0.450. The van der Waals surface area contributed by atoms with Gasteiger partial charge in [-0.2, -0.15) is 0 Å². The Morgan fingerprint density at radius 1 is 1.24 bits per heavy atom. The second-order valence-corrected chi connectivity index (χ2v) is 8.50. The fourth-order valence-corrected chi connectivity index (χ4v) is 5.63. The number of rotatable bonds is 3. The summed E-state index contributed by atoms with van der Waals surface area (Å²) >= 11 is 1.99. The van der Waals surface area contributed by atoms with Gasteiger partial charge >= 0.3 is 0 Å². The third kappa shape index (κ3) is 3.03. The molecule has 1 aromatic heterocycles. The quantitative estimate of drug-likeness (QED) is 0.928. The first-order valence-corrected chi connectivity index (χ1v) is 9.52. The van der Waals surface area contributed by atoms with Crippen molar-refractivity contribution in [1.82, 2.24) is 15.2 Å². The molecule has 4 heteroatoms. The lowest BCUT2D eigenvalue weighted by molar-refractivity contribution is 0.194. The number of nitrogens with zero attached hydrogens (tertiary/aromatic N) is 2. The molecule has 3 nitrogen and oxygen atoms in total. The molecule has 3 fully saturated rings. The molecule has 0 bridgehead atoms. The van der Waals surface area contributed by atoms with Crippen LogP contribution in [0, 0.1) is 5.41 Å². The topological polar surface area (TPSA) is 28.2 Å². The zero-order chi connectivity index (χ0) is 14.1. The Morgan fingerprint density at radius 3 is 2.86 bits per heavy atom. The van der Waals surface area contributed by atoms with E-state index in [0.717, 1.165) is 12.5 Å². The van der Waals surface area contributed by atoms with Crippen LogP contribution in [0.1, 0.15) is 60.7 Å². The van der Waals surface area contributed by atoms with E-state index in [9.17, 15) is 0 Å². The molecule has 1 aliphatic carbocycles. The van der Waals surface area contributed by atoms with Crippen molar-refractivity contribution in [3.8, 4) is 0 Å². The van der Waals surface area contributed by atoms with Gasteiger partial charge < -0.3 is 5.32 Å². The van der Waals surface area contributed by atoms with Crippen molar-refractivity contribution >= 4 is 11.3 Å². The van der Waals surface area contributed by atoms with E-state index in [-0.39, 0.29) is 0 Å². The molecule has 21 heavy (non-hydrogen) atoms. The van der Waals surface area contributed by atoms with Crippen LogP contribution in [0.15, 0.2) is 6.20 Å². The van der Waals surface area contributed by atoms with Gasteiger partial charge in [-0.1, -0.05) is 12.8 Å². The molecule has 116 valence electrons. The first-order chi connectivity index (χ1) is 10.3. The smallest absolute Gasteiger partial charge is 0.0959 e. The summed E-state index contributed by atoms with van der Waals surface area (Å²) in [7, 11) is 0. The molecule has 1 saturated carbocycles. The zero-order valence-electron chi connectivity index (χ0n) is 12.9. The second-order valence-electron chi connectivity index (χ2n) is 7.36. The lowest BCUT2D eigenvalue weighted by Crippen LogP contribution is -2.38. The lowest BCUT2D eigenvalue weighted by atomic mass is 9.78. The highest BCUT2D eigenvalue weighted by Crippen LogP contribution is 2.40. The average molecular weight is 305 g/mol. The van der Waals surface area contributed by atoms with Gasteiger partial charge in [0, 0.05) is 30.1 Å². The predicted octanol–water partition coefficient (Wildman–Crippen LogP) is 3.38. The van der Waals surface area contributed by atoms with Gasteiger partial charge in [0.25, 0.3) is 0 Å². The summed E-state index contributed by atoms with van der Waals surface area (Å²) in [6.45, 7) is 6.18.